The molecule has 5 heteroatoms. The van der Waals surface area contributed by atoms with Gasteiger partial charge in [0.1, 0.15) is 0 Å². The zero-order valence-electron chi connectivity index (χ0n) is 11.6. The number of carbonyl (C=O) groups is 1. The molecule has 0 atom stereocenters. The van der Waals surface area contributed by atoms with Crippen molar-refractivity contribution in [3.63, 3.8) is 0 Å². The van der Waals surface area contributed by atoms with Crippen molar-refractivity contribution >= 4 is 54.0 Å². The van der Waals surface area contributed by atoms with E-state index in [1.165, 1.54) is 0 Å². The standard InChI is InChI=1S/C17H13Cl2NOTe/c18-22(19,12-16(21)15-9-3-4-11-20-15)17-10-5-7-13-6-1-2-8-14(13)17/h1-11H,12H2. The summed E-state index contributed by atoms with van der Waals surface area (Å²) in [6.07, 6.45) is 1.60. The van der Waals surface area contributed by atoms with Crippen molar-refractivity contribution in [2.45, 2.75) is 4.47 Å². The Kier molecular flexibility index (Phi) is 4.70. The number of hydrogen-bond acceptors (Lipinski definition) is 2. The average Bonchev–Trinajstić information content (AvgIpc) is 2.54. The Morgan fingerprint density at radius 1 is 0.955 bits per heavy atom. The van der Waals surface area contributed by atoms with E-state index in [2.05, 4.69) is 4.98 Å². The number of ketones is 1. The van der Waals surface area contributed by atoms with Gasteiger partial charge in [0.2, 0.25) is 0 Å². The van der Waals surface area contributed by atoms with Crippen LogP contribution >= 0.6 is 17.9 Å². The molecule has 0 aliphatic rings. The Morgan fingerprint density at radius 2 is 1.68 bits per heavy atom. The van der Waals surface area contributed by atoms with Gasteiger partial charge < -0.3 is 0 Å². The van der Waals surface area contributed by atoms with Gasteiger partial charge in [-0.15, -0.1) is 0 Å². The van der Waals surface area contributed by atoms with Crippen molar-refractivity contribution in [1.29, 1.82) is 0 Å². The number of hydrogen-bond donors (Lipinski definition) is 0. The number of aromatic nitrogens is 1. The minimum atomic E-state index is -3.54. The third-order valence-electron chi connectivity index (χ3n) is 3.33. The molecular weight excluding hydrogens is 433 g/mol. The molecule has 1 heterocycles. The molecule has 0 aliphatic heterocycles. The summed E-state index contributed by atoms with van der Waals surface area (Å²) in [5, 5.41) is 2.12. The summed E-state index contributed by atoms with van der Waals surface area (Å²) >= 11 is -3.54. The van der Waals surface area contributed by atoms with E-state index in [4.69, 9.17) is 17.9 Å². The van der Waals surface area contributed by atoms with Gasteiger partial charge in [0.05, 0.1) is 0 Å². The predicted molar refractivity (Wildman–Crippen MR) is 94.4 cm³/mol. The van der Waals surface area contributed by atoms with Crippen molar-refractivity contribution in [3.05, 3.63) is 72.6 Å². The molecule has 3 aromatic rings. The van der Waals surface area contributed by atoms with Gasteiger partial charge in [-0.2, -0.15) is 0 Å². The molecule has 0 unspecified atom stereocenters. The van der Waals surface area contributed by atoms with Crippen LogP contribution in [0.15, 0.2) is 66.9 Å². The van der Waals surface area contributed by atoms with Gasteiger partial charge in [0.15, 0.2) is 0 Å². The monoisotopic (exact) mass is 447 g/mol. The fourth-order valence-electron chi connectivity index (χ4n) is 2.30. The Bertz CT molecular complexity index is 816. The molecule has 0 N–H and O–H groups in total. The van der Waals surface area contributed by atoms with Gasteiger partial charge in [-0.3, -0.25) is 0 Å². The van der Waals surface area contributed by atoms with Crippen LogP contribution < -0.4 is 3.61 Å². The van der Waals surface area contributed by atoms with Crippen molar-refractivity contribution in [2.75, 3.05) is 0 Å². The van der Waals surface area contributed by atoms with Crippen LogP contribution in [-0.4, -0.2) is 26.7 Å². The van der Waals surface area contributed by atoms with Gasteiger partial charge >= 0.3 is 141 Å². The Hall–Kier alpha value is -1.11. The first kappa shape index (κ1) is 15.8. The van der Waals surface area contributed by atoms with Gasteiger partial charge in [-0.1, -0.05) is 0 Å². The van der Waals surface area contributed by atoms with E-state index in [1.807, 2.05) is 42.5 Å². The molecule has 1 aromatic heterocycles. The predicted octanol–water partition coefficient (Wildman–Crippen LogP) is 4.24. The van der Waals surface area contributed by atoms with E-state index in [0.29, 0.717) is 5.69 Å². The van der Waals surface area contributed by atoms with Crippen LogP contribution in [0.3, 0.4) is 0 Å². The number of Topliss-reactive ketones (excluding diaryl/α,β-unsaturated/α-hetero) is 1. The SMILES string of the molecule is O=C(C[Te](Cl)(Cl)c1cccc2ccccc12)c1ccccn1. The first-order valence-corrected chi connectivity index (χ1v) is 15.4. The quantitative estimate of drug-likeness (QED) is 0.444. The van der Waals surface area contributed by atoms with Crippen LogP contribution in [0.2, 0.25) is 4.47 Å². The molecule has 0 aliphatic carbocycles. The number of benzene rings is 2. The zero-order valence-corrected chi connectivity index (χ0v) is 15.4. The van der Waals surface area contributed by atoms with Crippen molar-refractivity contribution in [3.8, 4) is 0 Å². The number of pyridine rings is 1. The summed E-state index contributed by atoms with van der Waals surface area (Å²) in [4.78, 5) is 16.5. The maximum atomic E-state index is 12.4. The molecular formula is C17H13Cl2NOTe. The second-order valence-corrected chi connectivity index (χ2v) is 18.3. The Balaban J connectivity index is 1.97. The number of halogens is 2. The fraction of sp³-hybridized carbons (Fsp3) is 0.0588. The van der Waals surface area contributed by atoms with Crippen molar-refractivity contribution < 1.29 is 4.79 Å². The summed E-state index contributed by atoms with van der Waals surface area (Å²) in [6.45, 7) is 0. The molecule has 0 spiro atoms. The first-order valence-electron chi connectivity index (χ1n) is 6.70. The van der Waals surface area contributed by atoms with Crippen LogP contribution in [0, 0.1) is 0 Å². The van der Waals surface area contributed by atoms with E-state index >= 15 is 0 Å². The molecule has 0 amide bonds. The van der Waals surface area contributed by atoms with Gasteiger partial charge in [0, 0.05) is 0 Å². The number of nitrogens with zero attached hydrogens (tertiary/aromatic N) is 1. The number of fused-ring (bicyclic) bond motifs is 1. The number of carbonyl (C=O) groups excluding carboxylic acids is 1. The molecule has 2 aromatic carbocycles. The number of rotatable bonds is 4. The van der Waals surface area contributed by atoms with Crippen LogP contribution in [0.5, 0.6) is 0 Å². The zero-order chi connectivity index (χ0) is 15.6. The molecule has 3 rings (SSSR count). The Labute approximate surface area is 140 Å². The third-order valence-corrected chi connectivity index (χ3v) is 11.7. The summed E-state index contributed by atoms with van der Waals surface area (Å²) in [6, 6.07) is 19.1. The molecule has 0 fully saturated rings. The summed E-state index contributed by atoms with van der Waals surface area (Å²) < 4.78 is 1.09. The molecule has 22 heavy (non-hydrogen) atoms. The summed E-state index contributed by atoms with van der Waals surface area (Å²) in [5.41, 5.74) is 0.416. The van der Waals surface area contributed by atoms with Crippen LogP contribution in [0.4, 0.5) is 0 Å². The summed E-state index contributed by atoms with van der Waals surface area (Å²) in [5.74, 6) is -0.0975. The second-order valence-electron chi connectivity index (χ2n) is 4.83. The maximum absolute atomic E-state index is 12.4. The first-order chi connectivity index (χ1) is 10.6. The average molecular weight is 446 g/mol. The molecule has 112 valence electrons. The van der Waals surface area contributed by atoms with Crippen LogP contribution in [0.1, 0.15) is 10.5 Å². The molecule has 0 radical (unpaired) electrons. The van der Waals surface area contributed by atoms with Gasteiger partial charge in [-0.25, -0.2) is 0 Å². The van der Waals surface area contributed by atoms with E-state index < -0.39 is 15.9 Å². The van der Waals surface area contributed by atoms with Crippen LogP contribution in [-0.2, 0) is 0 Å². The molecule has 0 saturated carbocycles. The molecule has 0 saturated heterocycles. The third kappa shape index (κ3) is 3.29. The normalized spacial score (nSPS) is 12.3. The fourth-order valence-corrected chi connectivity index (χ4v) is 9.48. The minimum absolute atomic E-state index is 0.0975. The summed E-state index contributed by atoms with van der Waals surface area (Å²) in [7, 11) is 13.4. The van der Waals surface area contributed by atoms with Gasteiger partial charge in [-0.05, 0) is 0 Å². The van der Waals surface area contributed by atoms with Crippen LogP contribution in [0.25, 0.3) is 10.8 Å². The Morgan fingerprint density at radius 3 is 2.45 bits per heavy atom. The van der Waals surface area contributed by atoms with E-state index in [-0.39, 0.29) is 10.3 Å². The molecule has 2 nitrogen and oxygen atoms in total. The van der Waals surface area contributed by atoms with Crippen molar-refractivity contribution in [1.82, 2.24) is 4.98 Å². The van der Waals surface area contributed by atoms with Crippen molar-refractivity contribution in [2.24, 2.45) is 0 Å². The second kappa shape index (κ2) is 6.56. The molecule has 0 bridgehead atoms. The topological polar surface area (TPSA) is 30.0 Å². The van der Waals surface area contributed by atoms with Gasteiger partial charge in [0.25, 0.3) is 0 Å². The van der Waals surface area contributed by atoms with E-state index in [1.54, 1.807) is 24.4 Å². The van der Waals surface area contributed by atoms with E-state index in [0.717, 1.165) is 14.4 Å². The van der Waals surface area contributed by atoms with E-state index in [9.17, 15) is 4.79 Å².